The maximum Gasteiger partial charge on any atom is 0.290 e. The van der Waals surface area contributed by atoms with E-state index in [1.165, 1.54) is 12.1 Å². The van der Waals surface area contributed by atoms with Gasteiger partial charge in [0, 0.05) is 36.8 Å². The van der Waals surface area contributed by atoms with Gasteiger partial charge in [0.1, 0.15) is 11.4 Å². The highest BCUT2D eigenvalue weighted by Crippen LogP contribution is 2.39. The molecule has 0 bridgehead atoms. The first-order valence-electron chi connectivity index (χ1n) is 10.7. The lowest BCUT2D eigenvalue weighted by molar-refractivity contribution is 0.0353. The average Bonchev–Trinajstić information content (AvgIpc) is 3.07. The monoisotopic (exact) mass is 456 g/mol. The fraction of sp³-hybridized carbons (Fsp3) is 0.333. The molecule has 0 aliphatic carbocycles. The van der Waals surface area contributed by atoms with Crippen molar-refractivity contribution in [3.63, 3.8) is 0 Å². The van der Waals surface area contributed by atoms with Crippen LogP contribution in [0.3, 0.4) is 0 Å². The van der Waals surface area contributed by atoms with Crippen LogP contribution in [0, 0.1) is 5.82 Å². The van der Waals surface area contributed by atoms with Crippen LogP contribution < -0.4 is 5.43 Å². The standard InChI is InChI=1S/C24H22ClFN2O4/c25-15-6-7-19-17(14-15)22(29)20-21(16-4-1-2-5-18(16)26)28(24(30)23(20)32-19)9-3-8-27-10-12-31-13-11-27/h1-2,4-7,14,21H,3,8-13H2. The summed E-state index contributed by atoms with van der Waals surface area (Å²) in [5.74, 6) is -0.893. The van der Waals surface area contributed by atoms with Gasteiger partial charge >= 0.3 is 0 Å². The molecular weight excluding hydrogens is 435 g/mol. The number of nitrogens with zero attached hydrogens (tertiary/aromatic N) is 2. The van der Waals surface area contributed by atoms with Gasteiger partial charge in [-0.15, -0.1) is 0 Å². The van der Waals surface area contributed by atoms with Crippen molar-refractivity contribution in [3.8, 4) is 0 Å². The number of hydrogen-bond acceptors (Lipinski definition) is 5. The zero-order valence-electron chi connectivity index (χ0n) is 17.4. The van der Waals surface area contributed by atoms with Gasteiger partial charge in [-0.25, -0.2) is 4.39 Å². The van der Waals surface area contributed by atoms with Gasteiger partial charge in [0.25, 0.3) is 5.91 Å². The number of fused-ring (bicyclic) bond motifs is 2. The molecule has 3 aromatic rings. The van der Waals surface area contributed by atoms with E-state index in [-0.39, 0.29) is 33.3 Å². The predicted molar refractivity (Wildman–Crippen MR) is 119 cm³/mol. The molecule has 1 fully saturated rings. The molecule has 5 rings (SSSR count). The Morgan fingerprint density at radius 1 is 1.06 bits per heavy atom. The van der Waals surface area contributed by atoms with E-state index in [9.17, 15) is 14.0 Å². The van der Waals surface area contributed by atoms with Gasteiger partial charge in [-0.1, -0.05) is 29.8 Å². The number of carbonyl (C=O) groups is 1. The van der Waals surface area contributed by atoms with Crippen molar-refractivity contribution in [3.05, 3.63) is 80.4 Å². The Morgan fingerprint density at radius 2 is 1.84 bits per heavy atom. The third kappa shape index (κ3) is 3.70. The first kappa shape index (κ1) is 21.1. The molecule has 0 saturated carbocycles. The Labute approximate surface area is 189 Å². The SMILES string of the molecule is O=C1c2oc3ccc(Cl)cc3c(=O)c2C(c2ccccc2F)N1CCCN1CCOCC1. The molecule has 2 aromatic carbocycles. The molecule has 1 saturated heterocycles. The zero-order chi connectivity index (χ0) is 22.2. The molecule has 2 aliphatic heterocycles. The number of rotatable bonds is 5. The summed E-state index contributed by atoms with van der Waals surface area (Å²) in [6.07, 6.45) is 0.685. The second kappa shape index (κ2) is 8.65. The average molecular weight is 457 g/mol. The second-order valence-electron chi connectivity index (χ2n) is 8.04. The van der Waals surface area contributed by atoms with Gasteiger partial charge in [-0.2, -0.15) is 0 Å². The van der Waals surface area contributed by atoms with E-state index in [0.29, 0.717) is 31.2 Å². The van der Waals surface area contributed by atoms with E-state index in [0.717, 1.165) is 19.6 Å². The molecule has 8 heteroatoms. The van der Waals surface area contributed by atoms with Crippen LogP contribution in [0.1, 0.15) is 34.1 Å². The number of ether oxygens (including phenoxy) is 1. The summed E-state index contributed by atoms with van der Waals surface area (Å²) in [4.78, 5) is 30.6. The number of benzene rings is 2. The first-order chi connectivity index (χ1) is 15.5. The van der Waals surface area contributed by atoms with Crippen LogP contribution in [-0.4, -0.2) is 55.1 Å². The lowest BCUT2D eigenvalue weighted by Crippen LogP contribution is -2.39. The van der Waals surface area contributed by atoms with Gasteiger partial charge in [-0.3, -0.25) is 14.5 Å². The summed E-state index contributed by atoms with van der Waals surface area (Å²) in [5.41, 5.74) is 0.371. The van der Waals surface area contributed by atoms with Crippen LogP contribution in [0.4, 0.5) is 4.39 Å². The highest BCUT2D eigenvalue weighted by atomic mass is 35.5. The minimum atomic E-state index is -0.844. The van der Waals surface area contributed by atoms with Gasteiger partial charge in [0.2, 0.25) is 5.76 Å². The molecule has 3 heterocycles. The number of hydrogen-bond donors (Lipinski definition) is 0. The van der Waals surface area contributed by atoms with Gasteiger partial charge < -0.3 is 14.1 Å². The fourth-order valence-corrected chi connectivity index (χ4v) is 4.70. The molecule has 1 aromatic heterocycles. The normalized spacial score (nSPS) is 19.0. The third-order valence-electron chi connectivity index (χ3n) is 6.10. The third-order valence-corrected chi connectivity index (χ3v) is 6.34. The van der Waals surface area contributed by atoms with Crippen molar-refractivity contribution < 1.29 is 18.3 Å². The Kier molecular flexibility index (Phi) is 5.71. The predicted octanol–water partition coefficient (Wildman–Crippen LogP) is 3.85. The molecular formula is C24H22ClFN2O4. The molecule has 0 spiro atoms. The van der Waals surface area contributed by atoms with Crippen molar-refractivity contribution in [1.82, 2.24) is 9.80 Å². The maximum absolute atomic E-state index is 14.8. The molecule has 1 unspecified atom stereocenters. The molecule has 0 N–H and O–H groups in total. The summed E-state index contributed by atoms with van der Waals surface area (Å²) >= 11 is 6.09. The first-order valence-corrected chi connectivity index (χ1v) is 11.0. The molecule has 0 radical (unpaired) electrons. The highest BCUT2D eigenvalue weighted by molar-refractivity contribution is 6.31. The lowest BCUT2D eigenvalue weighted by atomic mass is 9.98. The number of amides is 1. The van der Waals surface area contributed by atoms with E-state index in [1.807, 2.05) is 0 Å². The number of carbonyl (C=O) groups excluding carboxylic acids is 1. The molecule has 1 atom stereocenters. The van der Waals surface area contributed by atoms with Crippen LogP contribution in [0.2, 0.25) is 5.02 Å². The summed E-state index contributed by atoms with van der Waals surface area (Å²) in [5, 5.41) is 0.666. The minimum absolute atomic E-state index is 0.0237. The van der Waals surface area contributed by atoms with E-state index >= 15 is 0 Å². The largest absolute Gasteiger partial charge is 0.450 e. The lowest BCUT2D eigenvalue weighted by Gasteiger charge is -2.29. The Hall–Kier alpha value is -2.74. The van der Waals surface area contributed by atoms with Crippen LogP contribution >= 0.6 is 11.6 Å². The fourth-order valence-electron chi connectivity index (χ4n) is 4.53. The van der Waals surface area contributed by atoms with Crippen molar-refractivity contribution in [2.75, 3.05) is 39.4 Å². The number of halogens is 2. The van der Waals surface area contributed by atoms with E-state index in [1.54, 1.807) is 35.2 Å². The summed E-state index contributed by atoms with van der Waals surface area (Å²) in [6.45, 7) is 4.23. The molecule has 166 valence electrons. The summed E-state index contributed by atoms with van der Waals surface area (Å²) in [6, 6.07) is 10.1. The van der Waals surface area contributed by atoms with Crippen LogP contribution in [0.15, 0.2) is 51.7 Å². The van der Waals surface area contributed by atoms with Crippen molar-refractivity contribution in [2.24, 2.45) is 0 Å². The Balaban J connectivity index is 1.55. The Bertz CT molecular complexity index is 1240. The van der Waals surface area contributed by atoms with E-state index in [2.05, 4.69) is 4.90 Å². The van der Waals surface area contributed by atoms with Crippen LogP contribution in [-0.2, 0) is 4.74 Å². The zero-order valence-corrected chi connectivity index (χ0v) is 18.1. The van der Waals surface area contributed by atoms with E-state index < -0.39 is 17.8 Å². The van der Waals surface area contributed by atoms with Crippen molar-refractivity contribution in [2.45, 2.75) is 12.5 Å². The van der Waals surface area contributed by atoms with Gasteiger partial charge in [0.05, 0.1) is 30.2 Å². The summed E-state index contributed by atoms with van der Waals surface area (Å²) in [7, 11) is 0. The van der Waals surface area contributed by atoms with Crippen molar-refractivity contribution >= 4 is 28.5 Å². The quantitative estimate of drug-likeness (QED) is 0.583. The summed E-state index contributed by atoms with van der Waals surface area (Å²) < 4.78 is 26.1. The maximum atomic E-state index is 14.8. The number of morpholine rings is 1. The molecule has 32 heavy (non-hydrogen) atoms. The van der Waals surface area contributed by atoms with E-state index in [4.69, 9.17) is 20.8 Å². The van der Waals surface area contributed by atoms with Gasteiger partial charge in [-0.05, 0) is 30.7 Å². The highest BCUT2D eigenvalue weighted by Gasteiger charge is 2.43. The minimum Gasteiger partial charge on any atom is -0.450 e. The van der Waals surface area contributed by atoms with Gasteiger partial charge in [0.15, 0.2) is 5.43 Å². The Morgan fingerprint density at radius 3 is 2.62 bits per heavy atom. The van der Waals surface area contributed by atoms with Crippen LogP contribution in [0.25, 0.3) is 11.0 Å². The molecule has 2 aliphatic rings. The topological polar surface area (TPSA) is 63.0 Å². The molecule has 6 nitrogen and oxygen atoms in total. The smallest absolute Gasteiger partial charge is 0.290 e. The van der Waals surface area contributed by atoms with Crippen molar-refractivity contribution in [1.29, 1.82) is 0 Å². The molecule has 1 amide bonds. The second-order valence-corrected chi connectivity index (χ2v) is 8.48. The van der Waals surface area contributed by atoms with Crippen LogP contribution in [0.5, 0.6) is 0 Å².